The second-order valence-electron chi connectivity index (χ2n) is 11.3. The number of carbonyl (C=O) groups is 2. The van der Waals surface area contributed by atoms with Crippen LogP contribution in [0.3, 0.4) is 0 Å². The highest BCUT2D eigenvalue weighted by Gasteiger charge is 2.61. The van der Waals surface area contributed by atoms with Crippen molar-refractivity contribution < 1.29 is 24.5 Å². The first-order valence-electron chi connectivity index (χ1n) is 12.2. The number of allylic oxidation sites excluding steroid dienone is 2. The third-order valence-electron chi connectivity index (χ3n) is 9.80. The van der Waals surface area contributed by atoms with Gasteiger partial charge in [0.1, 0.15) is 5.78 Å². The summed E-state index contributed by atoms with van der Waals surface area (Å²) in [6.45, 7) is 8.01. The number of rotatable bonds is 3. The van der Waals surface area contributed by atoms with Gasteiger partial charge in [-0.2, -0.15) is 0 Å². The summed E-state index contributed by atoms with van der Waals surface area (Å²) in [7, 11) is 0. The Bertz CT molecular complexity index is 789. The maximum atomic E-state index is 13.3. The van der Waals surface area contributed by atoms with Gasteiger partial charge in [0.15, 0.2) is 5.78 Å². The number of aliphatic hydroxyl groups excluding tert-OH is 2. The minimum absolute atomic E-state index is 0.0570. The smallest absolute Gasteiger partial charge is 0.159 e. The first-order valence-corrected chi connectivity index (χ1v) is 12.2. The van der Waals surface area contributed by atoms with Crippen LogP contribution in [-0.2, 0) is 14.3 Å². The van der Waals surface area contributed by atoms with Crippen molar-refractivity contribution in [3.05, 3.63) is 11.6 Å². The molecule has 1 saturated heterocycles. The highest BCUT2D eigenvalue weighted by Crippen LogP contribution is 2.65. The van der Waals surface area contributed by atoms with Crippen molar-refractivity contribution >= 4 is 11.6 Å². The lowest BCUT2D eigenvalue weighted by atomic mass is 9.47. The van der Waals surface area contributed by atoms with E-state index in [0.29, 0.717) is 38.4 Å². The molecule has 0 aromatic rings. The molecule has 0 aromatic carbocycles. The summed E-state index contributed by atoms with van der Waals surface area (Å²) in [5.41, 5.74) is 0.863. The summed E-state index contributed by atoms with van der Waals surface area (Å²) >= 11 is 0. The second-order valence-corrected chi connectivity index (χ2v) is 11.3. The molecule has 0 amide bonds. The van der Waals surface area contributed by atoms with Gasteiger partial charge in [-0.3, -0.25) is 14.5 Å². The number of fused-ring (bicyclic) bond motifs is 5. The van der Waals surface area contributed by atoms with E-state index in [-0.39, 0.29) is 40.3 Å². The van der Waals surface area contributed by atoms with Crippen molar-refractivity contribution in [1.82, 2.24) is 4.90 Å². The van der Waals surface area contributed by atoms with Crippen LogP contribution >= 0.6 is 0 Å². The summed E-state index contributed by atoms with van der Waals surface area (Å²) in [6, 6.07) is 0. The molecule has 0 aromatic heterocycles. The van der Waals surface area contributed by atoms with Crippen LogP contribution in [0.1, 0.15) is 52.4 Å². The lowest BCUT2D eigenvalue weighted by Crippen LogP contribution is -2.56. The molecule has 1 heterocycles. The van der Waals surface area contributed by atoms with E-state index in [4.69, 9.17) is 4.74 Å². The van der Waals surface area contributed by atoms with Crippen LogP contribution in [0.2, 0.25) is 0 Å². The molecule has 4 aliphatic carbocycles. The maximum Gasteiger partial charge on any atom is 0.159 e. The number of ether oxygens (including phenoxy) is 1. The standard InChI is InChI=1S/C25H37NO5/c1-24-6-5-17-15(11-20(27)19-12-21(28)22(29)13-25(17,19)2)16(24)3-4-18(24)23(30)14-26-7-9-31-10-8-26/h11,16-19,21-22,28-29H,3-10,12-14H2,1-2H3. The Morgan fingerprint density at radius 3 is 2.52 bits per heavy atom. The largest absolute Gasteiger partial charge is 0.390 e. The van der Waals surface area contributed by atoms with E-state index in [1.807, 2.05) is 6.08 Å². The molecule has 1 aliphatic heterocycles. The average molecular weight is 432 g/mol. The molecule has 0 radical (unpaired) electrons. The van der Waals surface area contributed by atoms with Crippen molar-refractivity contribution in [2.75, 3.05) is 32.8 Å². The zero-order valence-electron chi connectivity index (χ0n) is 18.9. The van der Waals surface area contributed by atoms with Crippen LogP contribution in [0.4, 0.5) is 0 Å². The highest BCUT2D eigenvalue weighted by atomic mass is 16.5. The molecule has 4 fully saturated rings. The summed E-state index contributed by atoms with van der Waals surface area (Å²) in [5, 5.41) is 20.6. The Labute approximate surface area is 185 Å². The minimum atomic E-state index is -0.806. The Hall–Kier alpha value is -1.08. The predicted octanol–water partition coefficient (Wildman–Crippen LogP) is 1.98. The summed E-state index contributed by atoms with van der Waals surface area (Å²) in [6.07, 6.45) is 5.00. The van der Waals surface area contributed by atoms with Crippen LogP contribution in [0.25, 0.3) is 0 Å². The van der Waals surface area contributed by atoms with Gasteiger partial charge in [-0.1, -0.05) is 19.4 Å². The van der Waals surface area contributed by atoms with Crippen LogP contribution in [-0.4, -0.2) is 71.7 Å². The number of hydrogen-bond acceptors (Lipinski definition) is 6. The number of carbonyl (C=O) groups excluding carboxylic acids is 2. The van der Waals surface area contributed by atoms with Crippen molar-refractivity contribution in [2.24, 2.45) is 34.5 Å². The molecule has 172 valence electrons. The van der Waals surface area contributed by atoms with Gasteiger partial charge in [0.25, 0.3) is 0 Å². The highest BCUT2D eigenvalue weighted by molar-refractivity contribution is 5.94. The fourth-order valence-electron chi connectivity index (χ4n) is 8.01. The molecule has 2 N–H and O–H groups in total. The quantitative estimate of drug-likeness (QED) is 0.711. The monoisotopic (exact) mass is 431 g/mol. The molecule has 0 spiro atoms. The molecule has 6 heteroatoms. The molecule has 0 bridgehead atoms. The molecule has 31 heavy (non-hydrogen) atoms. The van der Waals surface area contributed by atoms with Gasteiger partial charge in [-0.15, -0.1) is 0 Å². The van der Waals surface area contributed by atoms with Gasteiger partial charge in [-0.25, -0.2) is 0 Å². The Morgan fingerprint density at radius 2 is 1.77 bits per heavy atom. The van der Waals surface area contributed by atoms with Crippen LogP contribution in [0, 0.1) is 34.5 Å². The van der Waals surface area contributed by atoms with Gasteiger partial charge < -0.3 is 14.9 Å². The SMILES string of the molecule is CC12CC(O)C(O)CC1C(=O)C=C1C2CCC2(C)C(C(=O)CN3CCOCC3)CCC12. The zero-order chi connectivity index (χ0) is 22.0. The number of ketones is 2. The van der Waals surface area contributed by atoms with Crippen LogP contribution < -0.4 is 0 Å². The fraction of sp³-hybridized carbons (Fsp3) is 0.840. The van der Waals surface area contributed by atoms with Gasteiger partial charge >= 0.3 is 0 Å². The first kappa shape index (κ1) is 21.7. The lowest BCUT2D eigenvalue weighted by molar-refractivity contribution is -0.143. The van der Waals surface area contributed by atoms with E-state index in [9.17, 15) is 19.8 Å². The minimum Gasteiger partial charge on any atom is -0.390 e. The molecular weight excluding hydrogens is 394 g/mol. The van der Waals surface area contributed by atoms with Crippen LogP contribution in [0.15, 0.2) is 11.6 Å². The molecule has 8 atom stereocenters. The van der Waals surface area contributed by atoms with E-state index in [0.717, 1.165) is 38.8 Å². The first-order chi connectivity index (χ1) is 14.7. The van der Waals surface area contributed by atoms with E-state index < -0.39 is 12.2 Å². The lowest BCUT2D eigenvalue weighted by Gasteiger charge is -2.57. The van der Waals surface area contributed by atoms with Crippen molar-refractivity contribution in [2.45, 2.75) is 64.6 Å². The van der Waals surface area contributed by atoms with Crippen molar-refractivity contribution in [1.29, 1.82) is 0 Å². The van der Waals surface area contributed by atoms with Gasteiger partial charge in [0.2, 0.25) is 0 Å². The predicted molar refractivity (Wildman–Crippen MR) is 115 cm³/mol. The van der Waals surface area contributed by atoms with Gasteiger partial charge in [-0.05, 0) is 67.3 Å². The number of hydrogen-bond donors (Lipinski definition) is 2. The van der Waals surface area contributed by atoms with Gasteiger partial charge in [0, 0.05) is 24.9 Å². The molecule has 6 nitrogen and oxygen atoms in total. The summed E-state index contributed by atoms with van der Waals surface area (Å²) < 4.78 is 5.42. The third-order valence-corrected chi connectivity index (χ3v) is 9.80. The van der Waals surface area contributed by atoms with E-state index in [1.165, 1.54) is 5.57 Å². The second kappa shape index (κ2) is 7.75. The normalized spacial score (nSPS) is 47.9. The maximum absolute atomic E-state index is 13.3. The topological polar surface area (TPSA) is 87.1 Å². The molecule has 5 aliphatic rings. The average Bonchev–Trinajstić information content (AvgIpc) is 3.08. The summed E-state index contributed by atoms with van der Waals surface area (Å²) in [4.78, 5) is 28.7. The molecule has 5 rings (SSSR count). The number of nitrogens with zero attached hydrogens (tertiary/aromatic N) is 1. The number of aliphatic hydroxyl groups is 2. The molecule has 8 unspecified atom stereocenters. The Morgan fingerprint density at radius 1 is 1.06 bits per heavy atom. The number of morpholine rings is 1. The van der Waals surface area contributed by atoms with Crippen molar-refractivity contribution in [3.63, 3.8) is 0 Å². The van der Waals surface area contributed by atoms with E-state index in [2.05, 4.69) is 18.7 Å². The summed E-state index contributed by atoms with van der Waals surface area (Å²) in [5.74, 6) is 0.866. The van der Waals surface area contributed by atoms with Crippen molar-refractivity contribution in [3.8, 4) is 0 Å². The third kappa shape index (κ3) is 3.36. The van der Waals surface area contributed by atoms with E-state index >= 15 is 0 Å². The zero-order valence-corrected chi connectivity index (χ0v) is 18.9. The Balaban J connectivity index is 1.39. The Kier molecular flexibility index (Phi) is 5.44. The molecule has 3 saturated carbocycles. The van der Waals surface area contributed by atoms with Gasteiger partial charge in [0.05, 0.1) is 32.0 Å². The van der Waals surface area contributed by atoms with Crippen LogP contribution in [0.5, 0.6) is 0 Å². The fourth-order valence-corrected chi connectivity index (χ4v) is 8.01. The molecular formula is C25H37NO5. The van der Waals surface area contributed by atoms with E-state index in [1.54, 1.807) is 0 Å². The number of Topliss-reactive ketones (excluding diaryl/α,β-unsaturated/α-hetero) is 1.